The Morgan fingerprint density at radius 1 is 1.05 bits per heavy atom. The average molecular weight is 538 g/mol. The number of fused-ring (bicyclic) bond motifs is 4. The largest absolute Gasteiger partial charge is 0.481 e. The highest BCUT2D eigenvalue weighted by molar-refractivity contribution is 8.00. The highest BCUT2D eigenvalue weighted by Gasteiger charge is 2.42. The number of aliphatic carboxylic acids is 1. The summed E-state index contributed by atoms with van der Waals surface area (Å²) in [5, 5.41) is 18.2. The van der Waals surface area contributed by atoms with Crippen LogP contribution in [0.5, 0.6) is 0 Å². The number of Topliss-reactive ketones (excluding diaryl/α,β-unsaturated/α-hetero) is 1. The summed E-state index contributed by atoms with van der Waals surface area (Å²) in [6.45, 7) is 0.182. The van der Waals surface area contributed by atoms with Crippen molar-refractivity contribution >= 4 is 35.6 Å². The van der Waals surface area contributed by atoms with E-state index in [1.165, 1.54) is 0 Å². The second kappa shape index (κ2) is 11.5. The third-order valence-corrected chi connectivity index (χ3v) is 9.10. The second-order valence-corrected chi connectivity index (χ2v) is 11.2. The summed E-state index contributed by atoms with van der Waals surface area (Å²) in [5.74, 6) is -1.91. The molecule has 0 spiro atoms. The fourth-order valence-corrected chi connectivity index (χ4v) is 7.24. The predicted molar refractivity (Wildman–Crippen MR) is 143 cm³/mol. The molecule has 0 aromatic heterocycles. The van der Waals surface area contributed by atoms with Gasteiger partial charge in [-0.1, -0.05) is 55.0 Å². The van der Waals surface area contributed by atoms with Crippen LogP contribution in [0.2, 0.25) is 0 Å². The van der Waals surface area contributed by atoms with E-state index in [4.69, 9.17) is 4.74 Å². The molecule has 3 aliphatic rings. The minimum Gasteiger partial charge on any atom is -0.481 e. The summed E-state index contributed by atoms with van der Waals surface area (Å²) in [6, 6.07) is 16.1. The van der Waals surface area contributed by atoms with Crippen LogP contribution >= 0.6 is 11.8 Å². The molecule has 9 nitrogen and oxygen atoms in total. The van der Waals surface area contributed by atoms with E-state index in [0.717, 1.165) is 34.4 Å². The van der Waals surface area contributed by atoms with Gasteiger partial charge in [-0.15, -0.1) is 0 Å². The molecule has 1 aliphatic carbocycles. The number of amides is 3. The molecule has 38 heavy (non-hydrogen) atoms. The average Bonchev–Trinajstić information content (AvgIpc) is 3.56. The van der Waals surface area contributed by atoms with E-state index in [1.54, 1.807) is 11.8 Å². The van der Waals surface area contributed by atoms with E-state index >= 15 is 0 Å². The number of nitrogens with one attached hydrogen (secondary N) is 3. The number of benzene rings is 2. The van der Waals surface area contributed by atoms with Gasteiger partial charge in [0, 0.05) is 29.9 Å². The number of ether oxygens (including phenoxy) is 1. The smallest absolute Gasteiger partial charge is 0.407 e. The molecule has 4 atom stereocenters. The lowest BCUT2D eigenvalue weighted by Crippen LogP contribution is -2.37. The molecular formula is C28H31N3O6S. The number of carboxylic acid groups (broad SMARTS) is 1. The van der Waals surface area contributed by atoms with Gasteiger partial charge in [-0.2, -0.15) is 11.8 Å². The number of carboxylic acids is 1. The molecule has 2 aromatic rings. The van der Waals surface area contributed by atoms with Crippen molar-refractivity contribution in [2.45, 2.75) is 48.9 Å². The lowest BCUT2D eigenvalue weighted by Gasteiger charge is -2.18. The van der Waals surface area contributed by atoms with Crippen molar-refractivity contribution in [2.75, 3.05) is 18.9 Å². The van der Waals surface area contributed by atoms with Crippen LogP contribution in [0, 0.1) is 5.92 Å². The second-order valence-electron chi connectivity index (χ2n) is 9.91. The molecule has 3 amide bonds. The number of carbonyl (C=O) groups is 4. The van der Waals surface area contributed by atoms with Crippen molar-refractivity contribution < 1.29 is 29.0 Å². The number of rotatable bonds is 11. The SMILES string of the molecule is O=C1N[C@H]2[C@H](CS[C@H]2CCCC(C(=O)O)C(=O)CCNC(=O)OCC2c3ccccc3-c3ccccc32)N1. The highest BCUT2D eigenvalue weighted by atomic mass is 32.2. The Morgan fingerprint density at radius 2 is 1.74 bits per heavy atom. The van der Waals surface area contributed by atoms with Crippen molar-refractivity contribution in [3.05, 3.63) is 59.7 Å². The van der Waals surface area contributed by atoms with Gasteiger partial charge in [0.1, 0.15) is 18.3 Å². The molecule has 0 radical (unpaired) electrons. The summed E-state index contributed by atoms with van der Waals surface area (Å²) in [4.78, 5) is 48.2. The van der Waals surface area contributed by atoms with Crippen molar-refractivity contribution in [1.82, 2.24) is 16.0 Å². The first-order valence-corrected chi connectivity index (χ1v) is 14.0. The Bertz CT molecular complexity index is 1190. The van der Waals surface area contributed by atoms with Crippen LogP contribution in [0.1, 0.15) is 42.7 Å². The van der Waals surface area contributed by atoms with Crippen LogP contribution < -0.4 is 16.0 Å². The summed E-state index contributed by atoms with van der Waals surface area (Å²) >= 11 is 1.76. The molecule has 0 saturated carbocycles. The van der Waals surface area contributed by atoms with Crippen molar-refractivity contribution in [3.8, 4) is 11.1 Å². The standard InChI is InChI=1S/C28H31N3O6S/c32-23(20(26(33)34)10-5-11-24-25-22(15-38-24)30-27(35)31-25)12-13-29-28(36)37-14-21-18-8-3-1-6-16(18)17-7-2-4-9-19(17)21/h1-4,6-9,20-22,24-25H,5,10-15H2,(H,29,36)(H,33,34)(H2,30,31,35)/t20?,22-,24-,25-/m0/s1. The summed E-state index contributed by atoms with van der Waals surface area (Å²) in [5.41, 5.74) is 4.50. The van der Waals surface area contributed by atoms with Crippen LogP contribution in [0.3, 0.4) is 0 Å². The number of urea groups is 1. The number of carbonyl (C=O) groups excluding carboxylic acids is 3. The van der Waals surface area contributed by atoms with E-state index in [1.807, 2.05) is 36.4 Å². The van der Waals surface area contributed by atoms with Gasteiger partial charge in [-0.25, -0.2) is 9.59 Å². The number of thioether (sulfide) groups is 1. The number of hydrogen-bond donors (Lipinski definition) is 4. The molecule has 200 valence electrons. The van der Waals surface area contributed by atoms with Gasteiger partial charge in [-0.05, 0) is 35.1 Å². The maximum Gasteiger partial charge on any atom is 0.407 e. The fourth-order valence-electron chi connectivity index (χ4n) is 5.70. The molecular weight excluding hydrogens is 506 g/mol. The monoisotopic (exact) mass is 537 g/mol. The Morgan fingerprint density at radius 3 is 2.42 bits per heavy atom. The molecule has 2 fully saturated rings. The first-order valence-electron chi connectivity index (χ1n) is 13.0. The van der Waals surface area contributed by atoms with Crippen LogP contribution in [-0.2, 0) is 14.3 Å². The highest BCUT2D eigenvalue weighted by Crippen LogP contribution is 2.44. The molecule has 1 unspecified atom stereocenters. The minimum absolute atomic E-state index is 0.0131. The Kier molecular flexibility index (Phi) is 7.87. The van der Waals surface area contributed by atoms with Crippen molar-refractivity contribution in [1.29, 1.82) is 0 Å². The third kappa shape index (κ3) is 5.50. The van der Waals surface area contributed by atoms with E-state index in [2.05, 4.69) is 28.1 Å². The fraction of sp³-hybridized carbons (Fsp3) is 0.429. The molecule has 2 aromatic carbocycles. The Balaban J connectivity index is 1.05. The van der Waals surface area contributed by atoms with E-state index in [-0.39, 0.29) is 55.3 Å². The number of hydrogen-bond acceptors (Lipinski definition) is 6. The van der Waals surface area contributed by atoms with Crippen molar-refractivity contribution in [2.24, 2.45) is 5.92 Å². The van der Waals surface area contributed by atoms with Crippen LogP contribution in [0.4, 0.5) is 9.59 Å². The van der Waals surface area contributed by atoms with E-state index < -0.39 is 23.8 Å². The molecule has 0 bridgehead atoms. The lowest BCUT2D eigenvalue weighted by molar-refractivity contribution is -0.146. The van der Waals surface area contributed by atoms with Gasteiger partial charge in [-0.3, -0.25) is 9.59 Å². The van der Waals surface area contributed by atoms with Gasteiger partial charge >= 0.3 is 18.1 Å². The van der Waals surface area contributed by atoms with Gasteiger partial charge in [0.05, 0.1) is 12.1 Å². The number of ketones is 1. The summed E-state index contributed by atoms with van der Waals surface area (Å²) in [6.07, 6.45) is 0.813. The summed E-state index contributed by atoms with van der Waals surface area (Å²) < 4.78 is 5.48. The number of alkyl carbamates (subject to hydrolysis) is 1. The molecule has 2 heterocycles. The summed E-state index contributed by atoms with van der Waals surface area (Å²) in [7, 11) is 0. The van der Waals surface area contributed by atoms with Crippen molar-refractivity contribution in [3.63, 3.8) is 0 Å². The third-order valence-electron chi connectivity index (χ3n) is 7.59. The van der Waals surface area contributed by atoms with Crippen LogP contribution in [0.25, 0.3) is 11.1 Å². The normalized spacial score (nSPS) is 22.0. The topological polar surface area (TPSA) is 134 Å². The van der Waals surface area contributed by atoms with E-state index in [9.17, 15) is 24.3 Å². The van der Waals surface area contributed by atoms with Gasteiger partial charge in [0.25, 0.3) is 0 Å². The Labute approximate surface area is 225 Å². The zero-order chi connectivity index (χ0) is 26.6. The molecule has 2 saturated heterocycles. The maximum absolute atomic E-state index is 12.6. The van der Waals surface area contributed by atoms with Crippen LogP contribution in [0.15, 0.2) is 48.5 Å². The minimum atomic E-state index is -1.15. The van der Waals surface area contributed by atoms with Gasteiger partial charge in [0.2, 0.25) is 0 Å². The van der Waals surface area contributed by atoms with Crippen LogP contribution in [-0.4, -0.2) is 65.2 Å². The van der Waals surface area contributed by atoms with E-state index in [0.29, 0.717) is 6.42 Å². The first kappa shape index (κ1) is 26.1. The van der Waals surface area contributed by atoms with Gasteiger partial charge < -0.3 is 25.8 Å². The zero-order valence-corrected chi connectivity index (χ0v) is 21.7. The Hall–Kier alpha value is -3.53. The molecule has 10 heteroatoms. The quantitative estimate of drug-likeness (QED) is 0.255. The lowest BCUT2D eigenvalue weighted by atomic mass is 9.93. The molecule has 4 N–H and O–H groups in total. The maximum atomic E-state index is 12.6. The first-order chi connectivity index (χ1) is 18.4. The molecule has 2 aliphatic heterocycles. The molecule has 5 rings (SSSR count). The zero-order valence-electron chi connectivity index (χ0n) is 20.9. The predicted octanol–water partition coefficient (Wildman–Crippen LogP) is 3.52. The van der Waals surface area contributed by atoms with Gasteiger partial charge in [0.15, 0.2) is 0 Å².